The summed E-state index contributed by atoms with van der Waals surface area (Å²) >= 11 is 1.57. The molecule has 2 unspecified atom stereocenters. The van der Waals surface area contributed by atoms with Crippen LogP contribution in [0.1, 0.15) is 13.3 Å². The number of nitrogens with one attached hydrogen (secondary N) is 1. The van der Waals surface area contributed by atoms with E-state index in [9.17, 15) is 4.79 Å². The molecule has 1 N–H and O–H groups in total. The van der Waals surface area contributed by atoms with Crippen LogP contribution in [0.2, 0.25) is 0 Å². The number of fused-ring (bicyclic) bond motifs is 1. The van der Waals surface area contributed by atoms with Gasteiger partial charge < -0.3 is 19.7 Å². The molecule has 34 heavy (non-hydrogen) atoms. The lowest BCUT2D eigenvalue weighted by molar-refractivity contribution is -0.119. The molecule has 178 valence electrons. The Hall–Kier alpha value is -2.75. The standard InChI is InChI=1S/C25H29N5O3S/c1-16(18-10-24(31)27-11-18)33-23-9-17(8-22-25(23)34-15-28-22)21-3-2-19(12-26-21)29-4-6-30(7-5-29)20-13-32-14-20/h2-3,8-9,12,15-16,18,20H,4-7,10-11,13-14H2,1H3,(H,27,31). The van der Waals surface area contributed by atoms with E-state index in [-0.39, 0.29) is 17.9 Å². The summed E-state index contributed by atoms with van der Waals surface area (Å²) in [5.74, 6) is 1.08. The number of hydrogen-bond donors (Lipinski definition) is 1. The van der Waals surface area contributed by atoms with Gasteiger partial charge in [0.15, 0.2) is 0 Å². The Labute approximate surface area is 202 Å². The van der Waals surface area contributed by atoms with E-state index in [0.29, 0.717) is 19.0 Å². The first-order valence-electron chi connectivity index (χ1n) is 12.0. The first-order valence-corrected chi connectivity index (χ1v) is 12.9. The van der Waals surface area contributed by atoms with Crippen molar-refractivity contribution in [2.24, 2.45) is 5.92 Å². The van der Waals surface area contributed by atoms with E-state index in [1.54, 1.807) is 11.3 Å². The van der Waals surface area contributed by atoms with Gasteiger partial charge in [-0.1, -0.05) is 0 Å². The number of nitrogens with zero attached hydrogens (tertiary/aromatic N) is 4. The highest BCUT2D eigenvalue weighted by atomic mass is 32.1. The highest BCUT2D eigenvalue weighted by molar-refractivity contribution is 7.17. The number of aromatic nitrogens is 2. The van der Waals surface area contributed by atoms with Gasteiger partial charge in [0.1, 0.15) is 11.9 Å². The van der Waals surface area contributed by atoms with Crippen molar-refractivity contribution in [2.45, 2.75) is 25.5 Å². The zero-order chi connectivity index (χ0) is 23.1. The van der Waals surface area contributed by atoms with Gasteiger partial charge in [0.2, 0.25) is 5.91 Å². The zero-order valence-corrected chi connectivity index (χ0v) is 20.1. The van der Waals surface area contributed by atoms with Crippen LogP contribution in [-0.2, 0) is 9.53 Å². The van der Waals surface area contributed by atoms with E-state index >= 15 is 0 Å². The fourth-order valence-corrected chi connectivity index (χ4v) is 5.68. The predicted molar refractivity (Wildman–Crippen MR) is 132 cm³/mol. The van der Waals surface area contributed by atoms with Crippen molar-refractivity contribution in [1.82, 2.24) is 20.2 Å². The number of ether oxygens (including phenoxy) is 2. The van der Waals surface area contributed by atoms with Gasteiger partial charge in [0.25, 0.3) is 0 Å². The summed E-state index contributed by atoms with van der Waals surface area (Å²) in [7, 11) is 0. The summed E-state index contributed by atoms with van der Waals surface area (Å²) in [6.45, 7) is 8.61. The quantitative estimate of drug-likeness (QED) is 0.582. The molecule has 1 amide bonds. The lowest BCUT2D eigenvalue weighted by Gasteiger charge is -2.43. The van der Waals surface area contributed by atoms with Crippen molar-refractivity contribution in [3.05, 3.63) is 36.0 Å². The second-order valence-corrected chi connectivity index (χ2v) is 10.2. The van der Waals surface area contributed by atoms with Crippen molar-refractivity contribution >= 4 is 33.1 Å². The second-order valence-electron chi connectivity index (χ2n) is 9.38. The lowest BCUT2D eigenvalue weighted by Crippen LogP contribution is -2.56. The normalized spacial score (nSPS) is 22.6. The minimum atomic E-state index is -0.0694. The molecule has 5 heterocycles. The molecule has 0 radical (unpaired) electrons. The van der Waals surface area contributed by atoms with Gasteiger partial charge in [-0.2, -0.15) is 0 Å². The maximum atomic E-state index is 11.6. The maximum absolute atomic E-state index is 11.6. The Kier molecular flexibility index (Phi) is 5.84. The Morgan fingerprint density at radius 1 is 1.18 bits per heavy atom. The third-order valence-electron chi connectivity index (χ3n) is 7.24. The average molecular weight is 480 g/mol. The summed E-state index contributed by atoms with van der Waals surface area (Å²) in [6, 6.07) is 8.98. The molecule has 3 aromatic rings. The molecular formula is C25H29N5O3S. The van der Waals surface area contributed by atoms with Gasteiger partial charge in [0.05, 0.1) is 52.6 Å². The summed E-state index contributed by atoms with van der Waals surface area (Å²) in [5, 5.41) is 2.90. The molecule has 1 aromatic carbocycles. The maximum Gasteiger partial charge on any atom is 0.220 e. The van der Waals surface area contributed by atoms with Crippen LogP contribution in [0.3, 0.4) is 0 Å². The van der Waals surface area contributed by atoms with Crippen LogP contribution >= 0.6 is 11.3 Å². The van der Waals surface area contributed by atoms with Gasteiger partial charge in [-0.05, 0) is 31.2 Å². The molecule has 0 bridgehead atoms. The molecule has 9 heteroatoms. The van der Waals surface area contributed by atoms with Crippen LogP contribution in [0, 0.1) is 5.92 Å². The van der Waals surface area contributed by atoms with Crippen molar-refractivity contribution < 1.29 is 14.3 Å². The van der Waals surface area contributed by atoms with Crippen molar-refractivity contribution in [3.63, 3.8) is 0 Å². The number of pyridine rings is 1. The van der Waals surface area contributed by atoms with Gasteiger partial charge in [-0.3, -0.25) is 14.7 Å². The smallest absolute Gasteiger partial charge is 0.220 e. The molecule has 3 aliphatic rings. The van der Waals surface area contributed by atoms with Gasteiger partial charge in [0, 0.05) is 50.6 Å². The highest BCUT2D eigenvalue weighted by Gasteiger charge is 2.30. The summed E-state index contributed by atoms with van der Waals surface area (Å²) in [6.07, 6.45) is 2.42. The van der Waals surface area contributed by atoms with Crippen LogP contribution in [0.25, 0.3) is 21.5 Å². The van der Waals surface area contributed by atoms with Crippen molar-refractivity contribution in [3.8, 4) is 17.0 Å². The largest absolute Gasteiger partial charge is 0.489 e. The summed E-state index contributed by atoms with van der Waals surface area (Å²) < 4.78 is 12.7. The van der Waals surface area contributed by atoms with Gasteiger partial charge in [-0.15, -0.1) is 11.3 Å². The molecule has 0 spiro atoms. The number of carbonyl (C=O) groups is 1. The van der Waals surface area contributed by atoms with E-state index < -0.39 is 0 Å². The zero-order valence-electron chi connectivity index (χ0n) is 19.3. The average Bonchev–Trinajstić information content (AvgIpc) is 3.48. The van der Waals surface area contributed by atoms with Crippen molar-refractivity contribution in [1.29, 1.82) is 0 Å². The molecule has 8 nitrogen and oxygen atoms in total. The Bertz CT molecular complexity index is 1170. The molecule has 2 aromatic heterocycles. The van der Waals surface area contributed by atoms with E-state index in [2.05, 4.69) is 44.4 Å². The minimum Gasteiger partial charge on any atom is -0.489 e. The van der Waals surface area contributed by atoms with E-state index in [4.69, 9.17) is 14.5 Å². The first kappa shape index (κ1) is 21.8. The van der Waals surface area contributed by atoms with E-state index in [1.165, 1.54) is 0 Å². The predicted octanol–water partition coefficient (Wildman–Crippen LogP) is 2.78. The Morgan fingerprint density at radius 2 is 2.03 bits per heavy atom. The minimum absolute atomic E-state index is 0.0694. The van der Waals surface area contributed by atoms with Crippen LogP contribution in [0.5, 0.6) is 5.75 Å². The molecule has 3 aliphatic heterocycles. The highest BCUT2D eigenvalue weighted by Crippen LogP contribution is 2.36. The van der Waals surface area contributed by atoms with Gasteiger partial charge in [-0.25, -0.2) is 4.98 Å². The molecule has 0 aliphatic carbocycles. The van der Waals surface area contributed by atoms with Crippen LogP contribution in [0.4, 0.5) is 5.69 Å². The van der Waals surface area contributed by atoms with E-state index in [0.717, 1.165) is 72.3 Å². The molecule has 6 rings (SSSR count). The number of carbonyl (C=O) groups excluding carboxylic acids is 1. The fourth-order valence-electron chi connectivity index (χ4n) is 4.95. The molecule has 0 saturated carbocycles. The SMILES string of the molecule is CC(Oc1cc(-c2ccc(N3CCN(C4COC4)CC3)cn2)cc2ncsc12)C1CNC(=O)C1. The number of piperazine rings is 1. The van der Waals surface area contributed by atoms with Gasteiger partial charge >= 0.3 is 0 Å². The monoisotopic (exact) mass is 479 g/mol. The molecular weight excluding hydrogens is 450 g/mol. The number of anilines is 1. The number of hydrogen-bond acceptors (Lipinski definition) is 8. The number of rotatable bonds is 6. The number of benzene rings is 1. The topological polar surface area (TPSA) is 79.8 Å². The first-order chi connectivity index (χ1) is 16.6. The third kappa shape index (κ3) is 4.23. The number of thiazole rings is 1. The molecule has 3 saturated heterocycles. The van der Waals surface area contributed by atoms with Crippen molar-refractivity contribution in [2.75, 3.05) is 50.8 Å². The Balaban J connectivity index is 1.19. The summed E-state index contributed by atoms with van der Waals surface area (Å²) in [4.78, 5) is 25.9. The fraction of sp³-hybridized carbons (Fsp3) is 0.480. The van der Waals surface area contributed by atoms with Crippen LogP contribution in [0.15, 0.2) is 36.0 Å². The lowest BCUT2D eigenvalue weighted by atomic mass is 10.0. The molecule has 3 fully saturated rings. The van der Waals surface area contributed by atoms with E-state index in [1.807, 2.05) is 18.6 Å². The summed E-state index contributed by atoms with van der Waals surface area (Å²) in [5.41, 5.74) is 5.80. The number of amides is 1. The van der Waals surface area contributed by atoms with Crippen LogP contribution in [-0.4, -0.2) is 78.9 Å². The second kappa shape index (κ2) is 9.13. The third-order valence-corrected chi connectivity index (χ3v) is 8.10. The van der Waals surface area contributed by atoms with Crippen LogP contribution < -0.4 is 15.0 Å². The molecule has 2 atom stereocenters. The Morgan fingerprint density at radius 3 is 2.71 bits per heavy atom.